The molecule has 1 saturated heterocycles. The molecule has 1 unspecified atom stereocenters. The molecule has 0 spiro atoms. The quantitative estimate of drug-likeness (QED) is 0.461. The highest BCUT2D eigenvalue weighted by molar-refractivity contribution is 5.83. The zero-order chi connectivity index (χ0) is 10.4. The van der Waals surface area contributed by atoms with Crippen LogP contribution in [0.5, 0.6) is 0 Å². The smallest absolute Gasteiger partial charge is 0.311 e. The Bertz CT molecular complexity index is 281. The summed E-state index contributed by atoms with van der Waals surface area (Å²) < 4.78 is 5.11. The molecule has 1 fully saturated rings. The molecule has 74 valence electrons. The van der Waals surface area contributed by atoms with Crippen LogP contribution in [0.3, 0.4) is 0 Å². The van der Waals surface area contributed by atoms with Gasteiger partial charge in [-0.2, -0.15) is 0 Å². The van der Waals surface area contributed by atoms with Crippen LogP contribution >= 0.6 is 0 Å². The largest absolute Gasteiger partial charge is 0.378 e. The highest BCUT2D eigenvalue weighted by atomic mass is 16.5. The number of nitrogens with zero attached hydrogens (tertiary/aromatic N) is 2. The van der Waals surface area contributed by atoms with E-state index in [1.54, 1.807) is 4.90 Å². The topological polar surface area (TPSA) is 33.9 Å². The van der Waals surface area contributed by atoms with Gasteiger partial charge in [-0.15, -0.1) is 6.42 Å². The Kier molecular flexibility index (Phi) is 3.97. The number of morpholine rings is 1. The summed E-state index contributed by atoms with van der Waals surface area (Å²) in [5.41, 5.74) is 0. The maximum atomic E-state index is 11.7. The Balaban J connectivity index is 2.54. The summed E-state index contributed by atoms with van der Waals surface area (Å²) in [5, 5.41) is 0. The molecule has 0 radical (unpaired) electrons. The molecular weight excluding hydrogens is 180 g/mol. The second kappa shape index (κ2) is 5.26. The highest BCUT2D eigenvalue weighted by Gasteiger charge is 2.29. The summed E-state index contributed by atoms with van der Waals surface area (Å²) in [6, 6.07) is -0.710. The average Bonchev–Trinajstić information content (AvgIpc) is 2.26. The van der Waals surface area contributed by atoms with Gasteiger partial charge in [-0.05, 0) is 0 Å². The van der Waals surface area contributed by atoms with Crippen LogP contribution in [0.4, 0.5) is 0 Å². The van der Waals surface area contributed by atoms with Gasteiger partial charge >= 0.3 is 11.9 Å². The molecule has 0 N–H and O–H groups in total. The van der Waals surface area contributed by atoms with Crippen LogP contribution in [0.15, 0.2) is 0 Å². The van der Waals surface area contributed by atoms with E-state index in [1.165, 1.54) is 0 Å². The molecule has 0 aliphatic carbocycles. The Morgan fingerprint density at radius 3 is 2.79 bits per heavy atom. The van der Waals surface area contributed by atoms with E-state index in [9.17, 15) is 4.79 Å². The zero-order valence-electron chi connectivity index (χ0n) is 7.90. The van der Waals surface area contributed by atoms with E-state index in [-0.39, 0.29) is 12.3 Å². The molecule has 1 aliphatic rings. The monoisotopic (exact) mass is 192 g/mol. The Hall–Kier alpha value is -1.52. The van der Waals surface area contributed by atoms with Gasteiger partial charge in [0.1, 0.15) is 0 Å². The van der Waals surface area contributed by atoms with E-state index in [0.29, 0.717) is 26.3 Å². The molecule has 0 aromatic carbocycles. The third kappa shape index (κ3) is 2.48. The first-order valence-corrected chi connectivity index (χ1v) is 4.46. The minimum Gasteiger partial charge on any atom is -0.378 e. The fourth-order valence-electron chi connectivity index (χ4n) is 1.29. The van der Waals surface area contributed by atoms with E-state index >= 15 is 0 Å². The van der Waals surface area contributed by atoms with E-state index in [1.807, 2.05) is 0 Å². The molecule has 1 rings (SSSR count). The summed E-state index contributed by atoms with van der Waals surface area (Å²) >= 11 is 0. The SMILES string of the molecule is [C-]#[N+]C(CC#C)C(=O)N1CCOCC1. The van der Waals surface area contributed by atoms with Crippen molar-refractivity contribution in [3.8, 4) is 12.3 Å². The lowest BCUT2D eigenvalue weighted by atomic mass is 10.2. The van der Waals surface area contributed by atoms with Crippen molar-refractivity contribution in [3.05, 3.63) is 11.4 Å². The summed E-state index contributed by atoms with van der Waals surface area (Å²) in [4.78, 5) is 16.6. The second-order valence-corrected chi connectivity index (χ2v) is 2.99. The van der Waals surface area contributed by atoms with Crippen LogP contribution in [0.25, 0.3) is 4.85 Å². The predicted molar refractivity (Wildman–Crippen MR) is 51.2 cm³/mol. The Labute approximate surface area is 83.7 Å². The van der Waals surface area contributed by atoms with Crippen molar-refractivity contribution in [1.82, 2.24) is 4.90 Å². The van der Waals surface area contributed by atoms with E-state index in [4.69, 9.17) is 17.7 Å². The van der Waals surface area contributed by atoms with Gasteiger partial charge in [0.05, 0.1) is 19.6 Å². The minimum absolute atomic E-state index is 0.166. The molecule has 4 heteroatoms. The third-order valence-corrected chi connectivity index (χ3v) is 2.07. The fourth-order valence-corrected chi connectivity index (χ4v) is 1.29. The lowest BCUT2D eigenvalue weighted by Gasteiger charge is -2.26. The van der Waals surface area contributed by atoms with Crippen molar-refractivity contribution in [2.45, 2.75) is 12.5 Å². The highest BCUT2D eigenvalue weighted by Crippen LogP contribution is 2.06. The first-order chi connectivity index (χ1) is 6.79. The van der Waals surface area contributed by atoms with Crippen LogP contribution in [0.1, 0.15) is 6.42 Å². The summed E-state index contributed by atoms with van der Waals surface area (Å²) in [5.74, 6) is 2.18. The van der Waals surface area contributed by atoms with Gasteiger partial charge in [-0.1, -0.05) is 5.92 Å². The minimum atomic E-state index is -0.710. The average molecular weight is 192 g/mol. The van der Waals surface area contributed by atoms with Crippen molar-refractivity contribution in [1.29, 1.82) is 0 Å². The van der Waals surface area contributed by atoms with Crippen LogP contribution in [0, 0.1) is 18.9 Å². The number of hydrogen-bond acceptors (Lipinski definition) is 2. The normalized spacial score (nSPS) is 18.0. The van der Waals surface area contributed by atoms with Gasteiger partial charge < -0.3 is 14.5 Å². The maximum absolute atomic E-state index is 11.7. The number of hydrogen-bond donors (Lipinski definition) is 0. The standard InChI is InChI=1S/C10H12N2O2/c1-3-4-9(11-2)10(13)12-5-7-14-8-6-12/h1,9H,4-8H2. The zero-order valence-corrected chi connectivity index (χ0v) is 7.90. The fraction of sp³-hybridized carbons (Fsp3) is 0.600. The maximum Gasteiger partial charge on any atom is 0.311 e. The molecule has 1 aliphatic heterocycles. The first-order valence-electron chi connectivity index (χ1n) is 4.46. The van der Waals surface area contributed by atoms with E-state index in [0.717, 1.165) is 0 Å². The first kappa shape index (κ1) is 10.6. The van der Waals surface area contributed by atoms with Crippen LogP contribution in [-0.4, -0.2) is 43.2 Å². The predicted octanol–water partition coefficient (Wildman–Crippen LogP) is 0.156. The van der Waals surface area contributed by atoms with E-state index < -0.39 is 6.04 Å². The van der Waals surface area contributed by atoms with Gasteiger partial charge in [0.25, 0.3) is 0 Å². The lowest BCUT2D eigenvalue weighted by molar-refractivity contribution is -0.135. The van der Waals surface area contributed by atoms with Crippen LogP contribution < -0.4 is 0 Å². The lowest BCUT2D eigenvalue weighted by Crippen LogP contribution is -2.44. The molecule has 0 aromatic rings. The molecule has 1 heterocycles. The van der Waals surface area contributed by atoms with Gasteiger partial charge in [-0.3, -0.25) is 4.79 Å². The van der Waals surface area contributed by atoms with Crippen molar-refractivity contribution < 1.29 is 9.53 Å². The van der Waals surface area contributed by atoms with Crippen LogP contribution in [0.2, 0.25) is 0 Å². The molecular formula is C10H12N2O2. The molecule has 1 atom stereocenters. The number of carbonyl (C=O) groups excluding carboxylic acids is 1. The van der Waals surface area contributed by atoms with Gasteiger partial charge in [0.15, 0.2) is 0 Å². The molecule has 1 amide bonds. The molecule has 14 heavy (non-hydrogen) atoms. The summed E-state index contributed by atoms with van der Waals surface area (Å²) in [7, 11) is 0. The van der Waals surface area contributed by atoms with Crippen molar-refractivity contribution in [2.75, 3.05) is 26.3 Å². The molecule has 0 saturated carbocycles. The molecule has 0 aromatic heterocycles. The number of terminal acetylenes is 1. The van der Waals surface area contributed by atoms with E-state index in [2.05, 4.69) is 10.8 Å². The number of carbonyl (C=O) groups is 1. The van der Waals surface area contributed by atoms with Gasteiger partial charge in [-0.25, -0.2) is 6.57 Å². The number of amides is 1. The second-order valence-electron chi connectivity index (χ2n) is 2.99. The van der Waals surface area contributed by atoms with Crippen molar-refractivity contribution in [3.63, 3.8) is 0 Å². The number of ether oxygens (including phenoxy) is 1. The molecule has 0 bridgehead atoms. The Morgan fingerprint density at radius 1 is 1.64 bits per heavy atom. The van der Waals surface area contributed by atoms with Crippen molar-refractivity contribution in [2.24, 2.45) is 0 Å². The summed E-state index contributed by atoms with van der Waals surface area (Å²) in [6.45, 7) is 9.09. The summed E-state index contributed by atoms with van der Waals surface area (Å²) in [6.07, 6.45) is 5.28. The van der Waals surface area contributed by atoms with Crippen LogP contribution in [-0.2, 0) is 9.53 Å². The molecule has 4 nitrogen and oxygen atoms in total. The third-order valence-electron chi connectivity index (χ3n) is 2.07. The number of rotatable bonds is 2. The van der Waals surface area contributed by atoms with Gasteiger partial charge in [0, 0.05) is 13.1 Å². The Morgan fingerprint density at radius 2 is 2.29 bits per heavy atom. The van der Waals surface area contributed by atoms with Crippen molar-refractivity contribution >= 4 is 5.91 Å². The van der Waals surface area contributed by atoms with Gasteiger partial charge in [0.2, 0.25) is 0 Å².